The summed E-state index contributed by atoms with van der Waals surface area (Å²) in [4.78, 5) is 33.8. The molecule has 0 radical (unpaired) electrons. The van der Waals surface area contributed by atoms with E-state index in [1.165, 1.54) is 48.5 Å². The average Bonchev–Trinajstić information content (AvgIpc) is 2.59. The highest BCUT2D eigenvalue weighted by molar-refractivity contribution is 7.90. The lowest BCUT2D eigenvalue weighted by Gasteiger charge is -2.07. The van der Waals surface area contributed by atoms with Gasteiger partial charge >= 0.3 is 5.97 Å². The van der Waals surface area contributed by atoms with Crippen LogP contribution in [0, 0.1) is 10.1 Å². The number of esters is 1. The van der Waals surface area contributed by atoms with Crippen LogP contribution in [0.3, 0.4) is 0 Å². The Kier molecular flexibility index (Phi) is 5.68. The molecule has 0 unspecified atom stereocenters. The van der Waals surface area contributed by atoms with Gasteiger partial charge in [-0.15, -0.1) is 0 Å². The molecule has 9 nitrogen and oxygen atoms in total. The summed E-state index contributed by atoms with van der Waals surface area (Å²) in [6.45, 7) is -0.602. The molecule has 0 aliphatic heterocycles. The van der Waals surface area contributed by atoms with E-state index in [9.17, 15) is 28.1 Å². The summed E-state index contributed by atoms with van der Waals surface area (Å²) in [7, 11) is -3.38. The minimum atomic E-state index is -3.38. The number of nitrogens with zero attached hydrogens (tertiary/aromatic N) is 1. The molecule has 0 atom stereocenters. The summed E-state index contributed by atoms with van der Waals surface area (Å²) in [6, 6.07) is 10.4. The Bertz CT molecular complexity index is 953. The highest BCUT2D eigenvalue weighted by Crippen LogP contribution is 2.17. The fourth-order valence-electron chi connectivity index (χ4n) is 1.95. The third kappa shape index (κ3) is 5.11. The van der Waals surface area contributed by atoms with Crippen molar-refractivity contribution in [2.45, 2.75) is 4.90 Å². The highest BCUT2D eigenvalue weighted by Gasteiger charge is 2.13. The molecule has 2 aromatic rings. The van der Waals surface area contributed by atoms with Crippen molar-refractivity contribution in [2.24, 2.45) is 0 Å². The summed E-state index contributed by atoms with van der Waals surface area (Å²) >= 11 is 0. The van der Waals surface area contributed by atoms with Crippen LogP contribution in [0.1, 0.15) is 10.4 Å². The highest BCUT2D eigenvalue weighted by atomic mass is 32.2. The van der Waals surface area contributed by atoms with Crippen LogP contribution in [0.2, 0.25) is 0 Å². The normalized spacial score (nSPS) is 10.8. The van der Waals surface area contributed by atoms with Gasteiger partial charge in [-0.2, -0.15) is 0 Å². The van der Waals surface area contributed by atoms with Gasteiger partial charge in [0.15, 0.2) is 16.4 Å². The molecule has 1 N–H and O–H groups in total. The molecule has 2 aromatic carbocycles. The molecule has 0 saturated heterocycles. The Labute approximate surface area is 148 Å². The molecule has 136 valence electrons. The largest absolute Gasteiger partial charge is 0.452 e. The van der Waals surface area contributed by atoms with Crippen molar-refractivity contribution in [3.63, 3.8) is 0 Å². The first kappa shape index (κ1) is 19.1. The van der Waals surface area contributed by atoms with E-state index >= 15 is 0 Å². The first-order valence-corrected chi connectivity index (χ1v) is 9.07. The molecule has 10 heteroatoms. The number of sulfone groups is 1. The fourth-order valence-corrected chi connectivity index (χ4v) is 2.58. The summed E-state index contributed by atoms with van der Waals surface area (Å²) in [6.07, 6.45) is 1.04. The van der Waals surface area contributed by atoms with E-state index < -0.39 is 33.2 Å². The number of nitro groups is 1. The molecule has 1 amide bonds. The Morgan fingerprint density at radius 3 is 2.38 bits per heavy atom. The van der Waals surface area contributed by atoms with Crippen molar-refractivity contribution in [1.82, 2.24) is 0 Å². The molecule has 0 bridgehead atoms. The number of amides is 1. The molecule has 2 rings (SSSR count). The first-order chi connectivity index (χ1) is 12.2. The number of carbonyl (C=O) groups excluding carboxylic acids is 2. The SMILES string of the molecule is CS(=O)(=O)c1ccc(C(=O)OCC(=O)Nc2cccc([N+](=O)[O-])c2)cc1. The lowest BCUT2D eigenvalue weighted by Crippen LogP contribution is -2.21. The van der Waals surface area contributed by atoms with Gasteiger partial charge in [0.1, 0.15) is 0 Å². The van der Waals surface area contributed by atoms with Gasteiger partial charge in [-0.3, -0.25) is 14.9 Å². The van der Waals surface area contributed by atoms with Gasteiger partial charge in [0.2, 0.25) is 0 Å². The van der Waals surface area contributed by atoms with Gasteiger partial charge in [-0.05, 0) is 30.3 Å². The van der Waals surface area contributed by atoms with Crippen LogP contribution in [-0.2, 0) is 19.4 Å². The van der Waals surface area contributed by atoms with Crippen LogP contribution in [0.15, 0.2) is 53.4 Å². The number of hydrogen-bond donors (Lipinski definition) is 1. The summed E-state index contributed by atoms with van der Waals surface area (Å²) in [5, 5.41) is 13.1. The minimum absolute atomic E-state index is 0.0532. The van der Waals surface area contributed by atoms with Gasteiger partial charge in [-0.1, -0.05) is 6.07 Å². The summed E-state index contributed by atoms with van der Waals surface area (Å²) in [5.74, 6) is -1.48. The van der Waals surface area contributed by atoms with E-state index in [1.807, 2.05) is 0 Å². The van der Waals surface area contributed by atoms with Crippen LogP contribution < -0.4 is 5.32 Å². The van der Waals surface area contributed by atoms with Gasteiger partial charge in [0.25, 0.3) is 11.6 Å². The van der Waals surface area contributed by atoms with E-state index in [0.29, 0.717) is 0 Å². The van der Waals surface area contributed by atoms with Crippen LogP contribution in [0.4, 0.5) is 11.4 Å². The maximum Gasteiger partial charge on any atom is 0.338 e. The molecule has 0 aromatic heterocycles. The molecule has 0 aliphatic rings. The monoisotopic (exact) mass is 378 g/mol. The Hall–Kier alpha value is -3.27. The molecule has 0 heterocycles. The number of nitrogens with one attached hydrogen (secondary N) is 1. The zero-order valence-corrected chi connectivity index (χ0v) is 14.4. The summed E-state index contributed by atoms with van der Waals surface area (Å²) in [5.41, 5.74) is 0.0871. The zero-order chi connectivity index (χ0) is 19.3. The Balaban J connectivity index is 1.93. The number of ether oxygens (including phenoxy) is 1. The number of anilines is 1. The second-order valence-corrected chi connectivity index (χ2v) is 7.24. The maximum atomic E-state index is 11.9. The second-order valence-electron chi connectivity index (χ2n) is 5.23. The Morgan fingerprint density at radius 2 is 1.81 bits per heavy atom. The number of non-ortho nitro benzene ring substituents is 1. The third-order valence-electron chi connectivity index (χ3n) is 3.19. The molecular weight excluding hydrogens is 364 g/mol. The number of hydrogen-bond acceptors (Lipinski definition) is 7. The summed E-state index contributed by atoms with van der Waals surface area (Å²) < 4.78 is 27.5. The zero-order valence-electron chi connectivity index (χ0n) is 13.5. The lowest BCUT2D eigenvalue weighted by molar-refractivity contribution is -0.384. The fraction of sp³-hybridized carbons (Fsp3) is 0.125. The predicted octanol–water partition coefficient (Wildman–Crippen LogP) is 1.79. The molecule has 0 saturated carbocycles. The molecule has 0 spiro atoms. The minimum Gasteiger partial charge on any atom is -0.452 e. The van der Waals surface area contributed by atoms with Crippen LogP contribution in [0.5, 0.6) is 0 Å². The molecular formula is C16H14N2O7S. The predicted molar refractivity (Wildman–Crippen MR) is 91.6 cm³/mol. The number of benzene rings is 2. The van der Waals surface area contributed by atoms with Crippen molar-refractivity contribution < 1.29 is 27.7 Å². The van der Waals surface area contributed by atoms with E-state index in [0.717, 1.165) is 6.26 Å². The van der Waals surface area contributed by atoms with Gasteiger partial charge in [-0.25, -0.2) is 13.2 Å². The van der Waals surface area contributed by atoms with Gasteiger partial charge in [0, 0.05) is 24.1 Å². The quantitative estimate of drug-likeness (QED) is 0.460. The van der Waals surface area contributed by atoms with Gasteiger partial charge < -0.3 is 10.1 Å². The molecule has 0 aliphatic carbocycles. The van der Waals surface area contributed by atoms with Crippen molar-refractivity contribution in [3.8, 4) is 0 Å². The van der Waals surface area contributed by atoms with Crippen LogP contribution >= 0.6 is 0 Å². The lowest BCUT2D eigenvalue weighted by atomic mass is 10.2. The number of carbonyl (C=O) groups is 2. The van der Waals surface area contributed by atoms with Gasteiger partial charge in [0.05, 0.1) is 15.4 Å². The first-order valence-electron chi connectivity index (χ1n) is 7.18. The standard InChI is InChI=1S/C16H14N2O7S/c1-26(23,24)14-7-5-11(6-8-14)16(20)25-10-15(19)17-12-3-2-4-13(9-12)18(21)22/h2-9H,10H2,1H3,(H,17,19). The second kappa shape index (κ2) is 7.74. The third-order valence-corrected chi connectivity index (χ3v) is 4.32. The van der Waals surface area contributed by atoms with Crippen LogP contribution in [0.25, 0.3) is 0 Å². The molecule has 26 heavy (non-hydrogen) atoms. The van der Waals surface area contributed by atoms with Crippen molar-refractivity contribution in [3.05, 3.63) is 64.2 Å². The van der Waals surface area contributed by atoms with Crippen molar-refractivity contribution in [2.75, 3.05) is 18.2 Å². The van der Waals surface area contributed by atoms with E-state index in [4.69, 9.17) is 4.74 Å². The maximum absolute atomic E-state index is 11.9. The van der Waals surface area contributed by atoms with E-state index in [2.05, 4.69) is 5.32 Å². The molecule has 0 fully saturated rings. The average molecular weight is 378 g/mol. The van der Waals surface area contributed by atoms with E-state index in [-0.39, 0.29) is 21.8 Å². The van der Waals surface area contributed by atoms with Crippen molar-refractivity contribution in [1.29, 1.82) is 0 Å². The topological polar surface area (TPSA) is 133 Å². The Morgan fingerprint density at radius 1 is 1.15 bits per heavy atom. The van der Waals surface area contributed by atoms with Crippen molar-refractivity contribution >= 4 is 33.1 Å². The van der Waals surface area contributed by atoms with Crippen LogP contribution in [-0.4, -0.2) is 38.1 Å². The number of rotatable bonds is 6. The number of nitro benzene ring substituents is 1. The van der Waals surface area contributed by atoms with E-state index in [1.54, 1.807) is 0 Å². The smallest absolute Gasteiger partial charge is 0.338 e.